The van der Waals surface area contributed by atoms with E-state index < -0.39 is 0 Å². The van der Waals surface area contributed by atoms with E-state index in [9.17, 15) is 9.59 Å². The molecular weight excluding hydrogens is 346 g/mol. The van der Waals surface area contributed by atoms with Gasteiger partial charge in [0.15, 0.2) is 0 Å². The van der Waals surface area contributed by atoms with Gasteiger partial charge in [0.1, 0.15) is 11.6 Å². The molecule has 0 heterocycles. The summed E-state index contributed by atoms with van der Waals surface area (Å²) in [5.41, 5.74) is 0. The molecule has 0 aromatic heterocycles. The quantitative estimate of drug-likeness (QED) is 0.564. The number of carbonyl (C=O) groups excluding carboxylic acids is 2. The van der Waals surface area contributed by atoms with E-state index in [4.69, 9.17) is 0 Å². The van der Waals surface area contributed by atoms with Crippen LogP contribution < -0.4 is 0 Å². The summed E-state index contributed by atoms with van der Waals surface area (Å²) < 4.78 is 0. The molecule has 0 saturated carbocycles. The summed E-state index contributed by atoms with van der Waals surface area (Å²) in [6.07, 6.45) is 0.0833. The molecule has 0 fully saturated rings. The average molecular weight is 354 g/mol. The molecule has 0 spiro atoms. The van der Waals surface area contributed by atoms with Crippen LogP contribution in [-0.2, 0) is 9.59 Å². The largest absolute Gasteiger partial charge is 0.300 e. The van der Waals surface area contributed by atoms with E-state index in [1.165, 1.54) is 13.8 Å². The van der Waals surface area contributed by atoms with E-state index in [2.05, 4.69) is 37.2 Å². The molecule has 0 rings (SSSR count). The fraction of sp³-hybridized carbons (Fsp3) is 0.600. The summed E-state index contributed by atoms with van der Waals surface area (Å²) in [4.78, 5) is 20.1. The van der Waals surface area contributed by atoms with Crippen LogP contribution in [0.25, 0.3) is 0 Å². The second-order valence-corrected chi connectivity index (χ2v) is 1.58. The Labute approximate surface area is 78.1 Å². The molecule has 0 radical (unpaired) electrons. The van der Waals surface area contributed by atoms with Gasteiger partial charge in [0.2, 0.25) is 0 Å². The number of rotatable bonds is 2. The third-order valence-corrected chi connectivity index (χ3v) is 0.498. The monoisotopic (exact) mass is 354 g/mol. The standard InChI is InChI=1S/C5H8O2.I2/c1-4(6)3-5(2)7;1-2/h3H2,1-2H3;. The van der Waals surface area contributed by atoms with Gasteiger partial charge >= 0.3 is 0 Å². The Hall–Kier alpha value is 0.800. The van der Waals surface area contributed by atoms with E-state index in [1.807, 2.05) is 0 Å². The fourth-order valence-electron chi connectivity index (χ4n) is 0.351. The molecule has 54 valence electrons. The zero-order valence-electron chi connectivity index (χ0n) is 5.28. The van der Waals surface area contributed by atoms with E-state index >= 15 is 0 Å². The van der Waals surface area contributed by atoms with Crippen molar-refractivity contribution in [2.24, 2.45) is 0 Å². The van der Waals surface area contributed by atoms with Crippen LogP contribution >= 0.6 is 37.2 Å². The van der Waals surface area contributed by atoms with Crippen LogP contribution in [0.5, 0.6) is 0 Å². The van der Waals surface area contributed by atoms with Gasteiger partial charge < -0.3 is 0 Å². The fourth-order valence-corrected chi connectivity index (χ4v) is 0.351. The number of carbonyl (C=O) groups is 2. The molecule has 0 N–H and O–H groups in total. The number of halogens is 2. The first-order chi connectivity index (χ1) is 4.13. The van der Waals surface area contributed by atoms with Crippen molar-refractivity contribution >= 4 is 48.8 Å². The lowest BCUT2D eigenvalue weighted by Gasteiger charge is -1.81. The molecule has 0 aliphatic rings. The second-order valence-electron chi connectivity index (χ2n) is 1.58. The summed E-state index contributed by atoms with van der Waals surface area (Å²) in [5, 5.41) is 0. The molecule has 0 unspecified atom stereocenters. The van der Waals surface area contributed by atoms with Crippen molar-refractivity contribution in [3.63, 3.8) is 0 Å². The van der Waals surface area contributed by atoms with Crippen LogP contribution in [0, 0.1) is 0 Å². The molecule has 2 nitrogen and oxygen atoms in total. The summed E-state index contributed by atoms with van der Waals surface area (Å²) in [6, 6.07) is 0. The SMILES string of the molecule is CC(=O)CC(C)=O.II. The van der Waals surface area contributed by atoms with Gasteiger partial charge in [-0.2, -0.15) is 0 Å². The first-order valence-corrected chi connectivity index (χ1v) is 8.54. The van der Waals surface area contributed by atoms with Gasteiger partial charge in [0.25, 0.3) is 0 Å². The van der Waals surface area contributed by atoms with Crippen LogP contribution in [0.4, 0.5) is 0 Å². The predicted octanol–water partition coefficient (Wildman–Crippen LogP) is 2.33. The maximum atomic E-state index is 10.0. The first kappa shape index (κ1) is 12.5. The maximum Gasteiger partial charge on any atom is 0.137 e. The van der Waals surface area contributed by atoms with Gasteiger partial charge in [0.05, 0.1) is 6.42 Å². The number of hydrogen-bond acceptors (Lipinski definition) is 2. The Morgan fingerprint density at radius 3 is 1.33 bits per heavy atom. The third-order valence-electron chi connectivity index (χ3n) is 0.498. The van der Waals surface area contributed by atoms with Crippen molar-refractivity contribution in [3.8, 4) is 0 Å². The average Bonchev–Trinajstić information content (AvgIpc) is 1.68. The highest BCUT2D eigenvalue weighted by molar-refractivity contribution is 15.0. The van der Waals surface area contributed by atoms with Gasteiger partial charge in [-0.15, -0.1) is 0 Å². The lowest BCUT2D eigenvalue weighted by atomic mass is 10.2. The Bertz CT molecular complexity index is 89.1. The van der Waals surface area contributed by atoms with Gasteiger partial charge in [-0.1, -0.05) is 0 Å². The van der Waals surface area contributed by atoms with Crippen LogP contribution in [0.3, 0.4) is 0 Å². The van der Waals surface area contributed by atoms with Crippen molar-refractivity contribution in [2.45, 2.75) is 20.3 Å². The molecule has 0 aliphatic heterocycles. The Morgan fingerprint density at radius 2 is 1.33 bits per heavy atom. The topological polar surface area (TPSA) is 34.1 Å². The van der Waals surface area contributed by atoms with Gasteiger partial charge in [0, 0.05) is 37.2 Å². The molecule has 0 amide bonds. The van der Waals surface area contributed by atoms with E-state index in [0.29, 0.717) is 0 Å². The minimum Gasteiger partial charge on any atom is -0.300 e. The molecule has 0 aromatic rings. The molecule has 0 bridgehead atoms. The number of Topliss-reactive ketones (excluding diaryl/α,β-unsaturated/α-hetero) is 2. The van der Waals surface area contributed by atoms with E-state index in [-0.39, 0.29) is 18.0 Å². The summed E-state index contributed by atoms with van der Waals surface area (Å²) in [7, 11) is 0. The molecule has 0 saturated heterocycles. The zero-order chi connectivity index (χ0) is 7.86. The van der Waals surface area contributed by atoms with Gasteiger partial charge in [-0.3, -0.25) is 9.59 Å². The van der Waals surface area contributed by atoms with Crippen molar-refractivity contribution in [3.05, 3.63) is 0 Å². The maximum absolute atomic E-state index is 10.0. The number of ketones is 2. The Kier molecular flexibility index (Phi) is 12.2. The van der Waals surface area contributed by atoms with Crippen LogP contribution in [0.15, 0.2) is 0 Å². The van der Waals surface area contributed by atoms with E-state index in [0.717, 1.165) is 0 Å². The smallest absolute Gasteiger partial charge is 0.137 e. The third kappa shape index (κ3) is 17.7. The number of hydrogen-bond donors (Lipinski definition) is 0. The molecule has 0 atom stereocenters. The van der Waals surface area contributed by atoms with Crippen molar-refractivity contribution in [2.75, 3.05) is 0 Å². The zero-order valence-corrected chi connectivity index (χ0v) is 9.59. The highest BCUT2D eigenvalue weighted by Crippen LogP contribution is 1.89. The van der Waals surface area contributed by atoms with Gasteiger partial charge in [-0.05, 0) is 13.8 Å². The highest BCUT2D eigenvalue weighted by Gasteiger charge is 1.94. The summed E-state index contributed by atoms with van der Waals surface area (Å²) in [6.45, 7) is 2.81. The molecule has 4 heteroatoms. The Morgan fingerprint density at radius 1 is 1.11 bits per heavy atom. The Balaban J connectivity index is 0. The van der Waals surface area contributed by atoms with Gasteiger partial charge in [-0.25, -0.2) is 0 Å². The highest BCUT2D eigenvalue weighted by atomic mass is 128. The van der Waals surface area contributed by atoms with Crippen LogP contribution in [0.1, 0.15) is 20.3 Å². The minimum atomic E-state index is -0.0625. The summed E-state index contributed by atoms with van der Waals surface area (Å²) in [5.74, 6) is -0.125. The molecule has 0 aromatic carbocycles. The molecule has 9 heavy (non-hydrogen) atoms. The minimum absolute atomic E-state index is 0.0625. The second kappa shape index (κ2) is 8.80. The first-order valence-electron chi connectivity index (χ1n) is 2.26. The predicted molar refractivity (Wildman–Crippen MR) is 54.0 cm³/mol. The van der Waals surface area contributed by atoms with Crippen molar-refractivity contribution < 1.29 is 9.59 Å². The lowest BCUT2D eigenvalue weighted by Crippen LogP contribution is -1.97. The van der Waals surface area contributed by atoms with Crippen molar-refractivity contribution in [1.82, 2.24) is 0 Å². The van der Waals surface area contributed by atoms with Crippen molar-refractivity contribution in [1.29, 1.82) is 0 Å². The van der Waals surface area contributed by atoms with Crippen LogP contribution in [0.2, 0.25) is 0 Å². The normalized spacial score (nSPS) is 7.11. The molecule has 0 aliphatic carbocycles. The molecular formula is C5H8I2O2. The summed E-state index contributed by atoms with van der Waals surface area (Å²) >= 11 is 4.24. The lowest BCUT2D eigenvalue weighted by molar-refractivity contribution is -0.124. The van der Waals surface area contributed by atoms with Crippen LogP contribution in [-0.4, -0.2) is 11.6 Å². The van der Waals surface area contributed by atoms with E-state index in [1.54, 1.807) is 0 Å².